The number of halogens is 3. The first-order valence-electron chi connectivity index (χ1n) is 9.42. The van der Waals surface area contributed by atoms with E-state index in [0.717, 1.165) is 43.3 Å². The highest BCUT2D eigenvalue weighted by molar-refractivity contribution is 14.0. The molecule has 0 saturated carbocycles. The van der Waals surface area contributed by atoms with E-state index in [2.05, 4.69) is 20.2 Å². The number of rotatable bonds is 5. The van der Waals surface area contributed by atoms with Crippen molar-refractivity contribution in [1.82, 2.24) is 15.2 Å². The minimum absolute atomic E-state index is 0. The second-order valence-corrected chi connectivity index (χ2v) is 7.87. The fraction of sp³-hybridized carbons (Fsp3) is 0.500. The molecule has 29 heavy (non-hydrogen) atoms. The normalized spacial score (nSPS) is 15.2. The minimum atomic E-state index is 0. The molecule has 9 heteroatoms. The predicted molar refractivity (Wildman–Crippen MR) is 128 cm³/mol. The summed E-state index contributed by atoms with van der Waals surface area (Å²) in [5.74, 6) is 3.61. The van der Waals surface area contributed by atoms with Crippen LogP contribution in [0.15, 0.2) is 27.6 Å². The lowest BCUT2D eigenvalue weighted by Gasteiger charge is -2.34. The van der Waals surface area contributed by atoms with Gasteiger partial charge in [-0.1, -0.05) is 23.2 Å². The first kappa shape index (κ1) is 24.1. The van der Waals surface area contributed by atoms with Crippen LogP contribution in [0.5, 0.6) is 5.75 Å². The molecule has 2 aromatic rings. The maximum atomic E-state index is 6.02. The summed E-state index contributed by atoms with van der Waals surface area (Å²) in [6.45, 7) is 6.90. The fourth-order valence-corrected chi connectivity index (χ4v) is 3.75. The molecule has 0 aliphatic carbocycles. The lowest BCUT2D eigenvalue weighted by Crippen LogP contribution is -2.46. The van der Waals surface area contributed by atoms with E-state index < -0.39 is 0 Å². The van der Waals surface area contributed by atoms with Gasteiger partial charge in [0.1, 0.15) is 11.5 Å². The van der Waals surface area contributed by atoms with Gasteiger partial charge in [0, 0.05) is 30.2 Å². The van der Waals surface area contributed by atoms with E-state index in [0.29, 0.717) is 40.8 Å². The van der Waals surface area contributed by atoms with Crippen molar-refractivity contribution in [3.8, 4) is 5.75 Å². The first-order chi connectivity index (χ1) is 13.4. The van der Waals surface area contributed by atoms with E-state index in [-0.39, 0.29) is 24.0 Å². The van der Waals surface area contributed by atoms with Gasteiger partial charge in [0.2, 0.25) is 5.89 Å². The van der Waals surface area contributed by atoms with Crippen LogP contribution >= 0.6 is 47.2 Å². The molecule has 0 spiro atoms. The number of oxazole rings is 1. The molecule has 1 aliphatic rings. The highest BCUT2D eigenvalue weighted by Crippen LogP contribution is 2.26. The molecule has 2 heterocycles. The first-order valence-corrected chi connectivity index (χ1v) is 10.2. The van der Waals surface area contributed by atoms with E-state index in [9.17, 15) is 0 Å². The summed E-state index contributed by atoms with van der Waals surface area (Å²) in [5.41, 5.74) is 0.925. The lowest BCUT2D eigenvalue weighted by molar-refractivity contribution is 0.179. The molecule has 1 N–H and O–H groups in total. The van der Waals surface area contributed by atoms with E-state index in [1.165, 1.54) is 0 Å². The molecule has 0 atom stereocenters. The summed E-state index contributed by atoms with van der Waals surface area (Å²) in [6, 6.07) is 5.29. The number of aryl methyl sites for hydroxylation is 2. The van der Waals surface area contributed by atoms with Crippen molar-refractivity contribution >= 4 is 53.1 Å². The van der Waals surface area contributed by atoms with E-state index >= 15 is 0 Å². The van der Waals surface area contributed by atoms with Crippen LogP contribution in [0.25, 0.3) is 0 Å². The smallest absolute Gasteiger partial charge is 0.214 e. The molecule has 0 amide bonds. The Morgan fingerprint density at radius 3 is 2.45 bits per heavy atom. The Kier molecular flexibility index (Phi) is 9.36. The number of aromatic nitrogens is 1. The minimum Gasteiger partial charge on any atom is -0.493 e. The van der Waals surface area contributed by atoms with Crippen LogP contribution in [-0.2, 0) is 6.54 Å². The third-order valence-electron chi connectivity index (χ3n) is 4.92. The Bertz CT molecular complexity index is 796. The summed E-state index contributed by atoms with van der Waals surface area (Å²) in [4.78, 5) is 11.1. The van der Waals surface area contributed by atoms with Crippen molar-refractivity contribution in [2.24, 2.45) is 10.9 Å². The zero-order chi connectivity index (χ0) is 20.1. The SMILES string of the molecule is CN=C(NCc1nc(C)c(C)o1)N1CCC(COc2cc(Cl)cc(Cl)c2)CC1.I. The molecular formula is C20H27Cl2IN4O2. The van der Waals surface area contributed by atoms with Crippen LogP contribution in [-0.4, -0.2) is 42.6 Å². The van der Waals surface area contributed by atoms with Crippen LogP contribution < -0.4 is 10.1 Å². The van der Waals surface area contributed by atoms with Gasteiger partial charge < -0.3 is 19.4 Å². The van der Waals surface area contributed by atoms with Gasteiger partial charge in [-0.3, -0.25) is 4.99 Å². The monoisotopic (exact) mass is 552 g/mol. The number of benzene rings is 1. The Hall–Kier alpha value is -1.19. The molecular weight excluding hydrogens is 526 g/mol. The van der Waals surface area contributed by atoms with Crippen LogP contribution in [0, 0.1) is 19.8 Å². The van der Waals surface area contributed by atoms with Crippen LogP contribution in [0.3, 0.4) is 0 Å². The molecule has 0 bridgehead atoms. The van der Waals surface area contributed by atoms with Gasteiger partial charge in [-0.2, -0.15) is 0 Å². The molecule has 1 aromatic carbocycles. The van der Waals surface area contributed by atoms with Crippen molar-refractivity contribution < 1.29 is 9.15 Å². The quantitative estimate of drug-likeness (QED) is 0.318. The van der Waals surface area contributed by atoms with Crippen LogP contribution in [0.4, 0.5) is 0 Å². The number of likely N-dealkylation sites (tertiary alicyclic amines) is 1. The fourth-order valence-electron chi connectivity index (χ4n) is 3.24. The van der Waals surface area contributed by atoms with Crippen LogP contribution in [0.2, 0.25) is 10.0 Å². The molecule has 1 aromatic heterocycles. The van der Waals surface area contributed by atoms with Gasteiger partial charge in [0.25, 0.3) is 0 Å². The topological polar surface area (TPSA) is 62.9 Å². The molecule has 1 aliphatic heterocycles. The Labute approximate surface area is 199 Å². The van der Waals surface area contributed by atoms with Gasteiger partial charge in [-0.25, -0.2) is 4.98 Å². The molecule has 3 rings (SSSR count). The number of nitrogens with zero attached hydrogens (tertiary/aromatic N) is 3. The number of piperidine rings is 1. The average Bonchev–Trinajstić information content (AvgIpc) is 2.98. The van der Waals surface area contributed by atoms with Gasteiger partial charge >= 0.3 is 0 Å². The van der Waals surface area contributed by atoms with E-state index in [1.54, 1.807) is 25.2 Å². The van der Waals surface area contributed by atoms with Crippen molar-refractivity contribution in [2.75, 3.05) is 26.7 Å². The second-order valence-electron chi connectivity index (χ2n) is 7.00. The summed E-state index contributed by atoms with van der Waals surface area (Å²) >= 11 is 12.0. The van der Waals surface area contributed by atoms with Crippen molar-refractivity contribution in [2.45, 2.75) is 33.2 Å². The number of nitrogens with one attached hydrogen (secondary N) is 1. The van der Waals surface area contributed by atoms with Crippen molar-refractivity contribution in [3.05, 3.63) is 45.6 Å². The number of guanidine groups is 1. The van der Waals surface area contributed by atoms with Crippen molar-refractivity contribution in [3.63, 3.8) is 0 Å². The average molecular weight is 553 g/mol. The van der Waals surface area contributed by atoms with E-state index in [1.807, 2.05) is 13.8 Å². The summed E-state index contributed by atoms with van der Waals surface area (Å²) in [6.07, 6.45) is 2.07. The number of aliphatic imine (C=N–C) groups is 1. The maximum Gasteiger partial charge on any atom is 0.214 e. The van der Waals surface area contributed by atoms with Gasteiger partial charge in [-0.15, -0.1) is 24.0 Å². The number of hydrogen-bond donors (Lipinski definition) is 1. The predicted octanol–water partition coefficient (Wildman–Crippen LogP) is 5.08. The highest BCUT2D eigenvalue weighted by Gasteiger charge is 2.22. The van der Waals surface area contributed by atoms with Crippen molar-refractivity contribution in [1.29, 1.82) is 0 Å². The number of ether oxygens (including phenoxy) is 1. The summed E-state index contributed by atoms with van der Waals surface area (Å²) in [7, 11) is 1.80. The zero-order valence-electron chi connectivity index (χ0n) is 16.9. The molecule has 6 nitrogen and oxygen atoms in total. The molecule has 0 radical (unpaired) electrons. The second kappa shape index (κ2) is 11.3. The zero-order valence-corrected chi connectivity index (χ0v) is 20.7. The Morgan fingerprint density at radius 2 is 1.90 bits per heavy atom. The molecule has 0 unspecified atom stereocenters. The van der Waals surface area contributed by atoms with Gasteiger partial charge in [0.05, 0.1) is 18.8 Å². The highest BCUT2D eigenvalue weighted by atomic mass is 127. The summed E-state index contributed by atoms with van der Waals surface area (Å²) < 4.78 is 11.5. The maximum absolute atomic E-state index is 6.02. The molecule has 1 fully saturated rings. The third-order valence-corrected chi connectivity index (χ3v) is 5.35. The van der Waals surface area contributed by atoms with Crippen LogP contribution in [0.1, 0.15) is 30.2 Å². The molecule has 160 valence electrons. The van der Waals surface area contributed by atoms with Gasteiger partial charge in [-0.05, 0) is 50.8 Å². The number of hydrogen-bond acceptors (Lipinski definition) is 4. The Morgan fingerprint density at radius 1 is 1.24 bits per heavy atom. The largest absolute Gasteiger partial charge is 0.493 e. The lowest BCUT2D eigenvalue weighted by atomic mass is 9.98. The van der Waals surface area contributed by atoms with E-state index in [4.69, 9.17) is 32.4 Å². The van der Waals surface area contributed by atoms with Gasteiger partial charge in [0.15, 0.2) is 5.96 Å². The Balaban J connectivity index is 0.00000300. The standard InChI is InChI=1S/C20H26Cl2N4O2.HI/c1-13-14(2)28-19(25-13)11-24-20(23-3)26-6-4-15(5-7-26)12-27-18-9-16(21)8-17(22)10-18;/h8-10,15H,4-7,11-12H2,1-3H3,(H,23,24);1H. The summed E-state index contributed by atoms with van der Waals surface area (Å²) in [5, 5.41) is 4.51. The molecule has 1 saturated heterocycles. The third kappa shape index (κ3) is 6.93.